The molecule has 24 heavy (non-hydrogen) atoms. The highest BCUT2D eigenvalue weighted by atomic mass is 16.5. The maximum absolute atomic E-state index is 12.5. The first-order valence-electron chi connectivity index (χ1n) is 8.61. The molecule has 0 spiro atoms. The van der Waals surface area contributed by atoms with E-state index in [1.165, 1.54) is 0 Å². The van der Waals surface area contributed by atoms with E-state index in [1.54, 1.807) is 0 Å². The maximum atomic E-state index is 12.5. The minimum Gasteiger partial charge on any atom is -0.457 e. The minimum absolute atomic E-state index is 0.0756. The van der Waals surface area contributed by atoms with Gasteiger partial charge in [0, 0.05) is 36.2 Å². The number of aromatic nitrogens is 2. The number of ketones is 1. The van der Waals surface area contributed by atoms with E-state index in [1.807, 2.05) is 24.3 Å². The van der Waals surface area contributed by atoms with Crippen molar-refractivity contribution < 1.29 is 14.3 Å². The van der Waals surface area contributed by atoms with E-state index in [-0.39, 0.29) is 18.0 Å². The molecule has 6 nitrogen and oxygen atoms in total. The predicted octanol–water partition coefficient (Wildman–Crippen LogP) is 1.91. The first kappa shape index (κ1) is 14.2. The molecule has 0 amide bonds. The van der Waals surface area contributed by atoms with Crippen LogP contribution < -0.4 is 0 Å². The highest BCUT2D eigenvalue weighted by Gasteiger charge is 2.49. The van der Waals surface area contributed by atoms with Crippen molar-refractivity contribution in [2.45, 2.75) is 43.9 Å². The molecule has 4 aliphatic rings. The first-order valence-corrected chi connectivity index (χ1v) is 8.61. The Hall–Kier alpha value is -2.21. The quantitative estimate of drug-likeness (QED) is 0.854. The van der Waals surface area contributed by atoms with Gasteiger partial charge in [-0.15, -0.1) is 0 Å². The number of fused-ring (bicyclic) bond motifs is 2. The number of benzene rings is 1. The molecule has 2 unspecified atom stereocenters. The lowest BCUT2D eigenvalue weighted by Gasteiger charge is -2.54. The number of hydrogen-bond acceptors (Lipinski definition) is 5. The summed E-state index contributed by atoms with van der Waals surface area (Å²) < 4.78 is 5.78. The van der Waals surface area contributed by atoms with Crippen LogP contribution in [0, 0.1) is 5.92 Å². The average molecular weight is 325 g/mol. The number of hydrogen-bond donors (Lipinski definition) is 1. The monoisotopic (exact) mass is 325 g/mol. The molecule has 5 heterocycles. The number of para-hydroxylation sites is 1. The Bertz CT molecular complexity index is 814. The average Bonchev–Trinajstić information content (AvgIpc) is 2.99. The standard InChI is InChI=1S/C18H19N3O3/c22-16-9-21-11-5-10(16)6-12(21)8-13(7-11)24-18(23)17-14-3-1-2-4-15(14)19-20-17/h1-4,10-13H,5-9H2,(H,19,20). The van der Waals surface area contributed by atoms with Crippen molar-refractivity contribution in [3.63, 3.8) is 0 Å². The Morgan fingerprint density at radius 3 is 2.67 bits per heavy atom. The number of piperidine rings is 4. The van der Waals surface area contributed by atoms with Gasteiger partial charge in [-0.3, -0.25) is 14.8 Å². The number of carbonyl (C=O) groups is 2. The second kappa shape index (κ2) is 5.14. The maximum Gasteiger partial charge on any atom is 0.359 e. The third-order valence-corrected chi connectivity index (χ3v) is 5.85. The fourth-order valence-electron chi connectivity index (χ4n) is 4.74. The fraction of sp³-hybridized carbons (Fsp3) is 0.500. The first-order chi connectivity index (χ1) is 11.7. The van der Waals surface area contributed by atoms with Crippen LogP contribution in [0.15, 0.2) is 24.3 Å². The number of rotatable bonds is 2. The van der Waals surface area contributed by atoms with Gasteiger partial charge in [-0.2, -0.15) is 5.10 Å². The molecular weight excluding hydrogens is 306 g/mol. The third kappa shape index (κ3) is 2.09. The molecule has 2 atom stereocenters. The van der Waals surface area contributed by atoms with Crippen molar-refractivity contribution in [1.29, 1.82) is 0 Å². The highest BCUT2D eigenvalue weighted by Crippen LogP contribution is 2.42. The molecule has 4 saturated heterocycles. The van der Waals surface area contributed by atoms with Gasteiger partial charge in [0.2, 0.25) is 0 Å². The number of aromatic amines is 1. The lowest BCUT2D eigenvalue weighted by molar-refractivity contribution is -0.145. The SMILES string of the molecule is O=C(OC1CC2CC3CC(C1)N2CC3=O)c1n[nH]c2ccccc12. The molecule has 1 aromatic carbocycles. The highest BCUT2D eigenvalue weighted by molar-refractivity contribution is 6.01. The number of esters is 1. The van der Waals surface area contributed by atoms with Crippen LogP contribution in [0.1, 0.15) is 36.2 Å². The van der Waals surface area contributed by atoms with Crippen molar-refractivity contribution in [3.8, 4) is 0 Å². The molecule has 6 heteroatoms. The van der Waals surface area contributed by atoms with Crippen molar-refractivity contribution in [1.82, 2.24) is 15.1 Å². The molecule has 4 bridgehead atoms. The molecular formula is C18H19N3O3. The predicted molar refractivity (Wildman–Crippen MR) is 86.5 cm³/mol. The molecule has 0 aliphatic carbocycles. The molecule has 4 fully saturated rings. The van der Waals surface area contributed by atoms with Crippen LogP contribution in [0.3, 0.4) is 0 Å². The van der Waals surface area contributed by atoms with Crippen LogP contribution in [0.5, 0.6) is 0 Å². The van der Waals surface area contributed by atoms with Crippen LogP contribution in [-0.4, -0.2) is 51.6 Å². The Morgan fingerprint density at radius 1 is 1.17 bits per heavy atom. The zero-order valence-corrected chi connectivity index (χ0v) is 13.3. The lowest BCUT2D eigenvalue weighted by atomic mass is 9.72. The summed E-state index contributed by atoms with van der Waals surface area (Å²) in [5.41, 5.74) is 1.20. The second-order valence-electron chi connectivity index (χ2n) is 7.23. The van der Waals surface area contributed by atoms with E-state index in [0.29, 0.717) is 30.1 Å². The summed E-state index contributed by atoms with van der Waals surface area (Å²) in [5, 5.41) is 7.80. The van der Waals surface area contributed by atoms with Gasteiger partial charge in [0.25, 0.3) is 0 Å². The summed E-state index contributed by atoms with van der Waals surface area (Å²) in [5.74, 6) is 0.270. The Labute approximate surface area is 139 Å². The largest absolute Gasteiger partial charge is 0.457 e. The molecule has 6 rings (SSSR count). The Balaban J connectivity index is 1.33. The summed E-state index contributed by atoms with van der Waals surface area (Å²) in [6.07, 6.45) is 3.43. The van der Waals surface area contributed by atoms with E-state index >= 15 is 0 Å². The molecule has 124 valence electrons. The van der Waals surface area contributed by atoms with Crippen LogP contribution in [0.2, 0.25) is 0 Å². The Kier molecular flexibility index (Phi) is 3.03. The van der Waals surface area contributed by atoms with Crippen LogP contribution >= 0.6 is 0 Å². The summed E-state index contributed by atoms with van der Waals surface area (Å²) in [6.45, 7) is 0.588. The van der Waals surface area contributed by atoms with Crippen molar-refractivity contribution in [2.24, 2.45) is 5.92 Å². The summed E-state index contributed by atoms with van der Waals surface area (Å²) in [7, 11) is 0. The van der Waals surface area contributed by atoms with Gasteiger partial charge < -0.3 is 4.74 Å². The Morgan fingerprint density at radius 2 is 1.92 bits per heavy atom. The van der Waals surface area contributed by atoms with Crippen molar-refractivity contribution in [3.05, 3.63) is 30.0 Å². The molecule has 4 aliphatic heterocycles. The summed E-state index contributed by atoms with van der Waals surface area (Å²) >= 11 is 0. The number of carbonyl (C=O) groups excluding carboxylic acids is 2. The van der Waals surface area contributed by atoms with Gasteiger partial charge in [-0.05, 0) is 18.9 Å². The van der Waals surface area contributed by atoms with E-state index in [9.17, 15) is 9.59 Å². The van der Waals surface area contributed by atoms with E-state index in [0.717, 1.165) is 36.6 Å². The van der Waals surface area contributed by atoms with Crippen LogP contribution in [-0.2, 0) is 9.53 Å². The van der Waals surface area contributed by atoms with Gasteiger partial charge in [0.15, 0.2) is 5.69 Å². The van der Waals surface area contributed by atoms with Gasteiger partial charge in [-0.1, -0.05) is 18.2 Å². The normalized spacial score (nSPS) is 34.5. The number of ether oxygens (including phenoxy) is 1. The zero-order valence-electron chi connectivity index (χ0n) is 13.3. The molecule has 1 aromatic heterocycles. The number of nitrogens with one attached hydrogen (secondary N) is 1. The van der Waals surface area contributed by atoms with Gasteiger partial charge in [0.1, 0.15) is 11.9 Å². The van der Waals surface area contributed by atoms with E-state index in [2.05, 4.69) is 15.1 Å². The second-order valence-corrected chi connectivity index (χ2v) is 7.23. The summed E-state index contributed by atoms with van der Waals surface area (Å²) in [4.78, 5) is 26.8. The third-order valence-electron chi connectivity index (χ3n) is 5.85. The molecule has 0 radical (unpaired) electrons. The zero-order chi connectivity index (χ0) is 16.3. The number of H-pyrrole nitrogens is 1. The lowest BCUT2D eigenvalue weighted by Crippen LogP contribution is -2.63. The number of Topliss-reactive ketones (excluding diaryl/α,β-unsaturated/α-hetero) is 1. The topological polar surface area (TPSA) is 75.3 Å². The van der Waals surface area contributed by atoms with E-state index < -0.39 is 0 Å². The van der Waals surface area contributed by atoms with Crippen LogP contribution in [0.25, 0.3) is 10.9 Å². The van der Waals surface area contributed by atoms with Crippen molar-refractivity contribution in [2.75, 3.05) is 6.54 Å². The van der Waals surface area contributed by atoms with Gasteiger partial charge in [-0.25, -0.2) is 4.79 Å². The van der Waals surface area contributed by atoms with E-state index in [4.69, 9.17) is 4.74 Å². The summed E-state index contributed by atoms with van der Waals surface area (Å²) in [6, 6.07) is 8.33. The minimum atomic E-state index is -0.353. The molecule has 2 aromatic rings. The fourth-order valence-corrected chi connectivity index (χ4v) is 4.74. The van der Waals surface area contributed by atoms with Crippen LogP contribution in [0.4, 0.5) is 0 Å². The smallest absolute Gasteiger partial charge is 0.359 e. The van der Waals surface area contributed by atoms with Gasteiger partial charge in [0.05, 0.1) is 12.1 Å². The molecule has 0 saturated carbocycles. The molecule has 1 N–H and O–H groups in total. The van der Waals surface area contributed by atoms with Crippen molar-refractivity contribution >= 4 is 22.7 Å². The van der Waals surface area contributed by atoms with Gasteiger partial charge >= 0.3 is 5.97 Å². The number of nitrogens with zero attached hydrogens (tertiary/aromatic N) is 2.